The van der Waals surface area contributed by atoms with Crippen LogP contribution in [0.25, 0.3) is 0 Å². The van der Waals surface area contributed by atoms with E-state index in [9.17, 15) is 4.79 Å². The SMILES string of the molecule is CC1(C)CN(C(=O)Cc2ccc(OCC[C@@H]3CC3C3CCNCC3)cc2)C1. The first-order valence-corrected chi connectivity index (χ1v) is 10.7. The van der Waals surface area contributed by atoms with Crippen LogP contribution in [-0.2, 0) is 11.2 Å². The van der Waals surface area contributed by atoms with Crippen molar-refractivity contribution in [2.75, 3.05) is 32.8 Å². The summed E-state index contributed by atoms with van der Waals surface area (Å²) < 4.78 is 5.95. The summed E-state index contributed by atoms with van der Waals surface area (Å²) in [6.45, 7) is 9.40. The van der Waals surface area contributed by atoms with Crippen molar-refractivity contribution in [3.8, 4) is 5.75 Å². The van der Waals surface area contributed by atoms with E-state index in [-0.39, 0.29) is 5.91 Å². The van der Waals surface area contributed by atoms with E-state index in [4.69, 9.17) is 4.74 Å². The molecule has 3 fully saturated rings. The fraction of sp³-hybridized carbons (Fsp3) is 0.696. The number of amides is 1. The first-order chi connectivity index (χ1) is 13.0. The second-order valence-electron chi connectivity index (χ2n) is 9.62. The van der Waals surface area contributed by atoms with Gasteiger partial charge in [0, 0.05) is 13.1 Å². The molecule has 1 saturated carbocycles. The third-order valence-corrected chi connectivity index (χ3v) is 6.59. The summed E-state index contributed by atoms with van der Waals surface area (Å²) in [6, 6.07) is 8.10. The Morgan fingerprint density at radius 3 is 2.56 bits per heavy atom. The smallest absolute Gasteiger partial charge is 0.227 e. The monoisotopic (exact) mass is 370 g/mol. The molecular formula is C23H34N2O2. The summed E-state index contributed by atoms with van der Waals surface area (Å²) in [4.78, 5) is 14.2. The highest BCUT2D eigenvalue weighted by Gasteiger charge is 2.42. The number of nitrogens with zero attached hydrogens (tertiary/aromatic N) is 1. The van der Waals surface area contributed by atoms with Crippen LogP contribution in [0.2, 0.25) is 0 Å². The van der Waals surface area contributed by atoms with Crippen molar-refractivity contribution in [2.45, 2.75) is 46.0 Å². The minimum absolute atomic E-state index is 0.237. The van der Waals surface area contributed by atoms with Gasteiger partial charge >= 0.3 is 0 Å². The Balaban J connectivity index is 1.15. The molecule has 0 aromatic heterocycles. The second kappa shape index (κ2) is 7.83. The normalized spacial score (nSPS) is 27.1. The lowest BCUT2D eigenvalue weighted by molar-refractivity contribution is -0.140. The largest absolute Gasteiger partial charge is 0.494 e. The van der Waals surface area contributed by atoms with Gasteiger partial charge in [0.05, 0.1) is 13.0 Å². The van der Waals surface area contributed by atoms with E-state index < -0.39 is 0 Å². The Morgan fingerprint density at radius 1 is 1.19 bits per heavy atom. The number of piperidine rings is 1. The number of ether oxygens (including phenoxy) is 1. The quantitative estimate of drug-likeness (QED) is 0.799. The van der Waals surface area contributed by atoms with E-state index in [1.165, 1.54) is 38.8 Å². The van der Waals surface area contributed by atoms with E-state index in [0.717, 1.165) is 48.8 Å². The van der Waals surface area contributed by atoms with Crippen LogP contribution in [0.15, 0.2) is 24.3 Å². The molecule has 2 heterocycles. The molecular weight excluding hydrogens is 336 g/mol. The molecule has 1 aliphatic carbocycles. The molecule has 2 atom stereocenters. The summed E-state index contributed by atoms with van der Waals surface area (Å²) in [6.07, 6.45) is 5.80. The van der Waals surface area contributed by atoms with E-state index in [2.05, 4.69) is 19.2 Å². The molecule has 1 N–H and O–H groups in total. The van der Waals surface area contributed by atoms with Crippen LogP contribution in [0, 0.1) is 23.2 Å². The molecule has 2 aliphatic heterocycles. The first-order valence-electron chi connectivity index (χ1n) is 10.7. The molecule has 1 unspecified atom stereocenters. The first kappa shape index (κ1) is 18.8. The molecule has 2 saturated heterocycles. The molecule has 4 rings (SSSR count). The van der Waals surface area contributed by atoms with Crippen LogP contribution < -0.4 is 10.1 Å². The lowest BCUT2D eigenvalue weighted by atomic mass is 9.84. The van der Waals surface area contributed by atoms with E-state index in [0.29, 0.717) is 11.8 Å². The topological polar surface area (TPSA) is 41.6 Å². The Labute approximate surface area is 163 Å². The van der Waals surface area contributed by atoms with Crippen molar-refractivity contribution in [3.63, 3.8) is 0 Å². The predicted molar refractivity (Wildman–Crippen MR) is 108 cm³/mol. The fourth-order valence-electron chi connectivity index (χ4n) is 4.93. The zero-order valence-electron chi connectivity index (χ0n) is 16.9. The average molecular weight is 371 g/mol. The Kier molecular flexibility index (Phi) is 5.45. The summed E-state index contributed by atoms with van der Waals surface area (Å²) in [5.74, 6) is 3.95. The highest BCUT2D eigenvalue weighted by atomic mass is 16.5. The van der Waals surface area contributed by atoms with Gasteiger partial charge in [-0.15, -0.1) is 0 Å². The van der Waals surface area contributed by atoms with Gasteiger partial charge in [0.1, 0.15) is 5.75 Å². The fourth-order valence-corrected chi connectivity index (χ4v) is 4.93. The van der Waals surface area contributed by atoms with Gasteiger partial charge in [0.15, 0.2) is 0 Å². The van der Waals surface area contributed by atoms with Crippen molar-refractivity contribution >= 4 is 5.91 Å². The predicted octanol–water partition coefficient (Wildman–Crippen LogP) is 3.50. The van der Waals surface area contributed by atoms with Crippen molar-refractivity contribution in [1.29, 1.82) is 0 Å². The summed E-state index contributed by atoms with van der Waals surface area (Å²) in [7, 11) is 0. The molecule has 0 spiro atoms. The van der Waals surface area contributed by atoms with Gasteiger partial charge < -0.3 is 15.0 Å². The van der Waals surface area contributed by atoms with Gasteiger partial charge in [-0.25, -0.2) is 0 Å². The Hall–Kier alpha value is -1.55. The van der Waals surface area contributed by atoms with Gasteiger partial charge in [-0.3, -0.25) is 4.79 Å². The molecule has 148 valence electrons. The van der Waals surface area contributed by atoms with E-state index in [1.807, 2.05) is 29.2 Å². The van der Waals surface area contributed by atoms with Crippen molar-refractivity contribution < 1.29 is 9.53 Å². The molecule has 1 aromatic rings. The maximum atomic E-state index is 12.3. The lowest BCUT2D eigenvalue weighted by Gasteiger charge is -2.45. The zero-order chi connectivity index (χ0) is 18.9. The number of carbonyl (C=O) groups excluding carboxylic acids is 1. The maximum absolute atomic E-state index is 12.3. The Morgan fingerprint density at radius 2 is 1.89 bits per heavy atom. The summed E-state index contributed by atoms with van der Waals surface area (Å²) >= 11 is 0. The Bertz CT molecular complexity index is 641. The number of hydrogen-bond acceptors (Lipinski definition) is 3. The van der Waals surface area contributed by atoms with Crippen LogP contribution in [-0.4, -0.2) is 43.6 Å². The van der Waals surface area contributed by atoms with Crippen LogP contribution >= 0.6 is 0 Å². The third-order valence-electron chi connectivity index (χ3n) is 6.59. The molecule has 0 bridgehead atoms. The maximum Gasteiger partial charge on any atom is 0.227 e. The average Bonchev–Trinajstić information content (AvgIpc) is 3.41. The summed E-state index contributed by atoms with van der Waals surface area (Å²) in [5.41, 5.74) is 1.37. The molecule has 3 aliphatic rings. The lowest BCUT2D eigenvalue weighted by Crippen LogP contribution is -2.55. The zero-order valence-corrected chi connectivity index (χ0v) is 16.9. The van der Waals surface area contributed by atoms with Gasteiger partial charge in [0.2, 0.25) is 5.91 Å². The van der Waals surface area contributed by atoms with Gasteiger partial charge in [-0.05, 0) is 79.6 Å². The number of benzene rings is 1. The molecule has 1 amide bonds. The number of carbonyl (C=O) groups is 1. The van der Waals surface area contributed by atoms with Crippen LogP contribution in [0.4, 0.5) is 0 Å². The van der Waals surface area contributed by atoms with Crippen LogP contribution in [0.5, 0.6) is 5.75 Å². The molecule has 4 heteroatoms. The standard InChI is InChI=1S/C23H34N2O2/c1-23(2)15-25(16-23)22(26)13-17-3-5-20(6-4-17)27-12-9-19-14-21(19)18-7-10-24-11-8-18/h3-6,18-19,21,24H,7-16H2,1-2H3/t19-,21?/m1/s1. The molecule has 27 heavy (non-hydrogen) atoms. The molecule has 4 nitrogen and oxygen atoms in total. The van der Waals surface area contributed by atoms with Crippen LogP contribution in [0.3, 0.4) is 0 Å². The highest BCUT2D eigenvalue weighted by molar-refractivity contribution is 5.79. The number of nitrogens with one attached hydrogen (secondary N) is 1. The van der Waals surface area contributed by atoms with Gasteiger partial charge in [-0.2, -0.15) is 0 Å². The number of hydrogen-bond donors (Lipinski definition) is 1. The highest BCUT2D eigenvalue weighted by Crippen LogP contribution is 2.49. The second-order valence-corrected chi connectivity index (χ2v) is 9.62. The summed E-state index contributed by atoms with van der Waals surface area (Å²) in [5, 5.41) is 3.46. The minimum Gasteiger partial charge on any atom is -0.494 e. The van der Waals surface area contributed by atoms with Crippen molar-refractivity contribution in [2.24, 2.45) is 23.2 Å². The van der Waals surface area contributed by atoms with Gasteiger partial charge in [-0.1, -0.05) is 26.0 Å². The van der Waals surface area contributed by atoms with Crippen molar-refractivity contribution in [3.05, 3.63) is 29.8 Å². The minimum atomic E-state index is 0.237. The molecule has 0 radical (unpaired) electrons. The van der Waals surface area contributed by atoms with Crippen LogP contribution in [0.1, 0.15) is 45.1 Å². The van der Waals surface area contributed by atoms with Gasteiger partial charge in [0.25, 0.3) is 0 Å². The molecule has 1 aromatic carbocycles. The number of likely N-dealkylation sites (tertiary alicyclic amines) is 1. The third kappa shape index (κ3) is 4.84. The van der Waals surface area contributed by atoms with Crippen molar-refractivity contribution in [1.82, 2.24) is 10.2 Å². The number of rotatable bonds is 7. The van der Waals surface area contributed by atoms with E-state index in [1.54, 1.807) is 0 Å². The van der Waals surface area contributed by atoms with E-state index >= 15 is 0 Å².